The average Bonchev–Trinajstić information content (AvgIpc) is 3.14. The maximum Gasteiger partial charge on any atom is 0.312 e. The normalized spacial score (nSPS) is 26.2. The van der Waals surface area contributed by atoms with Crippen LogP contribution in [0.1, 0.15) is 47.4 Å². The summed E-state index contributed by atoms with van der Waals surface area (Å²) in [6.45, 7) is 4.24. The van der Waals surface area contributed by atoms with E-state index in [1.807, 2.05) is 44.2 Å². The van der Waals surface area contributed by atoms with E-state index in [0.29, 0.717) is 30.6 Å². The predicted molar refractivity (Wildman–Crippen MR) is 103 cm³/mol. The van der Waals surface area contributed by atoms with Crippen LogP contribution in [-0.4, -0.2) is 45.5 Å². The minimum atomic E-state index is -0.799. The van der Waals surface area contributed by atoms with Crippen molar-refractivity contribution in [3.63, 3.8) is 0 Å². The molecule has 0 radical (unpaired) electrons. The Bertz CT molecular complexity index is 923. The molecule has 1 aliphatic heterocycles. The Morgan fingerprint density at radius 2 is 2.00 bits per heavy atom. The van der Waals surface area contributed by atoms with E-state index in [4.69, 9.17) is 4.74 Å². The number of ether oxygens (including phenoxy) is 1. The number of hydrogen-bond donors (Lipinski definition) is 2. The quantitative estimate of drug-likeness (QED) is 0.828. The van der Waals surface area contributed by atoms with Crippen molar-refractivity contribution in [2.24, 2.45) is 5.41 Å². The lowest BCUT2D eigenvalue weighted by atomic mass is 9.70. The second kappa shape index (κ2) is 6.74. The van der Waals surface area contributed by atoms with Gasteiger partial charge in [0, 0.05) is 6.54 Å². The maximum atomic E-state index is 12.9. The predicted octanol–water partition coefficient (Wildman–Crippen LogP) is 2.63. The van der Waals surface area contributed by atoms with Gasteiger partial charge in [-0.1, -0.05) is 18.2 Å². The van der Waals surface area contributed by atoms with Crippen LogP contribution in [0.2, 0.25) is 0 Å². The summed E-state index contributed by atoms with van der Waals surface area (Å²) in [6.07, 6.45) is 2.66. The van der Waals surface area contributed by atoms with Crippen LogP contribution in [0, 0.1) is 19.3 Å². The van der Waals surface area contributed by atoms with Gasteiger partial charge in [-0.05, 0) is 51.7 Å². The van der Waals surface area contributed by atoms with E-state index in [1.165, 1.54) is 0 Å². The summed E-state index contributed by atoms with van der Waals surface area (Å²) in [4.78, 5) is 24.6. The number of nitrogens with zero attached hydrogens (tertiary/aromatic N) is 2. The lowest BCUT2D eigenvalue weighted by Gasteiger charge is -2.34. The van der Waals surface area contributed by atoms with E-state index in [0.717, 1.165) is 24.2 Å². The Kier molecular flexibility index (Phi) is 4.50. The van der Waals surface area contributed by atoms with Crippen LogP contribution in [0.4, 0.5) is 0 Å². The van der Waals surface area contributed by atoms with Crippen LogP contribution in [-0.2, 0) is 9.53 Å². The smallest absolute Gasteiger partial charge is 0.312 e. The van der Waals surface area contributed by atoms with Crippen molar-refractivity contribution < 1.29 is 19.4 Å². The summed E-state index contributed by atoms with van der Waals surface area (Å²) >= 11 is 0. The van der Waals surface area contributed by atoms with Gasteiger partial charge >= 0.3 is 5.97 Å². The number of rotatable bonds is 5. The topological polar surface area (TPSA) is 93.5 Å². The van der Waals surface area contributed by atoms with Crippen LogP contribution in [0.5, 0.6) is 0 Å². The third-order valence-corrected chi connectivity index (χ3v) is 6.15. The summed E-state index contributed by atoms with van der Waals surface area (Å²) in [5.41, 5.74) is 1.51. The third kappa shape index (κ3) is 2.99. The molecule has 2 aromatic rings. The van der Waals surface area contributed by atoms with Gasteiger partial charge in [-0.3, -0.25) is 9.59 Å². The number of benzene rings is 1. The first-order valence-electron chi connectivity index (χ1n) is 9.63. The van der Waals surface area contributed by atoms with Gasteiger partial charge in [0.2, 0.25) is 0 Å². The molecule has 7 heteroatoms. The van der Waals surface area contributed by atoms with Crippen molar-refractivity contribution in [3.8, 4) is 5.69 Å². The summed E-state index contributed by atoms with van der Waals surface area (Å²) in [5.74, 6) is -0.996. The fraction of sp³-hybridized carbons (Fsp3) is 0.476. The number of hydrogen-bond acceptors (Lipinski definition) is 4. The highest BCUT2D eigenvalue weighted by Gasteiger charge is 2.56. The summed E-state index contributed by atoms with van der Waals surface area (Å²) < 4.78 is 7.70. The van der Waals surface area contributed by atoms with Crippen LogP contribution in [0.25, 0.3) is 5.69 Å². The average molecular weight is 383 g/mol. The van der Waals surface area contributed by atoms with Crippen molar-refractivity contribution >= 4 is 11.9 Å². The van der Waals surface area contributed by atoms with Crippen LogP contribution in [0.3, 0.4) is 0 Å². The Labute approximate surface area is 163 Å². The number of carbonyl (C=O) groups excluding carboxylic acids is 1. The molecule has 2 atom stereocenters. The van der Waals surface area contributed by atoms with E-state index in [-0.39, 0.29) is 12.5 Å². The fourth-order valence-electron chi connectivity index (χ4n) is 4.65. The standard InChI is InChI=1S/C21H25N3O4/c1-14-17(15(2)24(23-14)16-7-4-3-5-8-16)18(25)22-12-21-10-6-9-20(11-21,13-28-21)19(26)27/h3-5,7-8H,6,9-13H2,1-2H3,(H,22,25)(H,26,27). The summed E-state index contributed by atoms with van der Waals surface area (Å²) in [7, 11) is 0. The van der Waals surface area contributed by atoms with E-state index in [1.54, 1.807) is 4.68 Å². The zero-order chi connectivity index (χ0) is 19.9. The monoisotopic (exact) mass is 383 g/mol. The molecule has 2 unspecified atom stereocenters. The molecule has 1 saturated heterocycles. The largest absolute Gasteiger partial charge is 0.481 e. The van der Waals surface area contributed by atoms with Gasteiger partial charge in [0.15, 0.2) is 0 Å². The van der Waals surface area contributed by atoms with Gasteiger partial charge in [-0.25, -0.2) is 4.68 Å². The summed E-state index contributed by atoms with van der Waals surface area (Å²) in [6, 6.07) is 9.69. The number of carboxylic acids is 1. The molecule has 4 rings (SSSR count). The number of nitrogens with one attached hydrogen (secondary N) is 1. The number of aliphatic carboxylic acids is 1. The Balaban J connectivity index is 1.51. The highest BCUT2D eigenvalue weighted by molar-refractivity contribution is 5.96. The molecule has 2 bridgehead atoms. The lowest BCUT2D eigenvalue weighted by Crippen LogP contribution is -2.46. The van der Waals surface area contributed by atoms with Crippen molar-refractivity contribution in [3.05, 3.63) is 47.3 Å². The first-order valence-corrected chi connectivity index (χ1v) is 9.63. The molecule has 2 N–H and O–H groups in total. The number of para-hydroxylation sites is 1. The Morgan fingerprint density at radius 3 is 2.71 bits per heavy atom. The van der Waals surface area contributed by atoms with Gasteiger partial charge in [-0.2, -0.15) is 5.10 Å². The minimum absolute atomic E-state index is 0.200. The van der Waals surface area contributed by atoms with E-state index in [2.05, 4.69) is 10.4 Å². The molecule has 28 heavy (non-hydrogen) atoms. The highest BCUT2D eigenvalue weighted by Crippen LogP contribution is 2.50. The van der Waals surface area contributed by atoms with Gasteiger partial charge in [-0.15, -0.1) is 0 Å². The number of carbonyl (C=O) groups is 2. The number of aryl methyl sites for hydroxylation is 1. The zero-order valence-electron chi connectivity index (χ0n) is 16.2. The molecule has 148 valence electrons. The molecule has 1 aliphatic carbocycles. The van der Waals surface area contributed by atoms with Crippen molar-refractivity contribution in [2.75, 3.05) is 13.2 Å². The van der Waals surface area contributed by atoms with E-state index >= 15 is 0 Å². The van der Waals surface area contributed by atoms with Crippen LogP contribution < -0.4 is 5.32 Å². The highest BCUT2D eigenvalue weighted by atomic mass is 16.5. The number of aromatic nitrogens is 2. The van der Waals surface area contributed by atoms with Gasteiger partial charge in [0.05, 0.1) is 40.3 Å². The van der Waals surface area contributed by atoms with Crippen molar-refractivity contribution in [1.29, 1.82) is 0 Å². The molecule has 1 aromatic heterocycles. The van der Waals surface area contributed by atoms with Gasteiger partial charge in [0.1, 0.15) is 0 Å². The molecule has 2 aliphatic rings. The second-order valence-electron chi connectivity index (χ2n) is 8.06. The number of carboxylic acid groups (broad SMARTS) is 1. The number of fused-ring (bicyclic) bond motifs is 2. The lowest BCUT2D eigenvalue weighted by molar-refractivity contribution is -0.149. The molecule has 1 saturated carbocycles. The maximum absolute atomic E-state index is 12.9. The zero-order valence-corrected chi connectivity index (χ0v) is 16.2. The third-order valence-electron chi connectivity index (χ3n) is 6.15. The van der Waals surface area contributed by atoms with Crippen molar-refractivity contribution in [2.45, 2.75) is 45.1 Å². The molecule has 0 spiro atoms. The molecule has 2 heterocycles. The Morgan fingerprint density at radius 1 is 1.25 bits per heavy atom. The number of amides is 1. The molecule has 1 aromatic carbocycles. The summed E-state index contributed by atoms with van der Waals surface area (Å²) in [5, 5.41) is 17.1. The second-order valence-corrected chi connectivity index (χ2v) is 8.06. The van der Waals surface area contributed by atoms with E-state index < -0.39 is 17.0 Å². The fourth-order valence-corrected chi connectivity index (χ4v) is 4.65. The molecule has 1 amide bonds. The molecule has 2 fully saturated rings. The van der Waals surface area contributed by atoms with Crippen molar-refractivity contribution in [1.82, 2.24) is 15.1 Å². The molecular formula is C21H25N3O4. The first-order chi connectivity index (χ1) is 13.4. The SMILES string of the molecule is Cc1nn(-c2ccccc2)c(C)c1C(=O)NCC12CCCC(C(=O)O)(CO1)C2. The molecular weight excluding hydrogens is 358 g/mol. The van der Waals surface area contributed by atoms with Gasteiger partial charge < -0.3 is 15.2 Å². The molecule has 7 nitrogen and oxygen atoms in total. The van der Waals surface area contributed by atoms with Crippen LogP contribution >= 0.6 is 0 Å². The first kappa shape index (κ1) is 18.7. The van der Waals surface area contributed by atoms with Gasteiger partial charge in [0.25, 0.3) is 5.91 Å². The minimum Gasteiger partial charge on any atom is -0.481 e. The van der Waals surface area contributed by atoms with Crippen LogP contribution in [0.15, 0.2) is 30.3 Å². The van der Waals surface area contributed by atoms with E-state index in [9.17, 15) is 14.7 Å². The Hall–Kier alpha value is -2.67.